The lowest BCUT2D eigenvalue weighted by Crippen LogP contribution is -2.44. The number of nitrogens with one attached hydrogen (secondary N) is 1. The largest absolute Gasteiger partial charge is 0.464 e. The summed E-state index contributed by atoms with van der Waals surface area (Å²) in [5.41, 5.74) is 0.781. The monoisotopic (exact) mass is 285 g/mol. The summed E-state index contributed by atoms with van der Waals surface area (Å²) in [5.74, 6) is -0.659. The van der Waals surface area contributed by atoms with Gasteiger partial charge in [-0.1, -0.05) is 30.3 Å². The zero-order valence-corrected chi connectivity index (χ0v) is 11.2. The van der Waals surface area contributed by atoms with Gasteiger partial charge in [0, 0.05) is 6.42 Å². The van der Waals surface area contributed by atoms with E-state index < -0.39 is 28.4 Å². The summed E-state index contributed by atoms with van der Waals surface area (Å²) in [4.78, 5) is 11.6. The Bertz CT molecular complexity index is 542. The van der Waals surface area contributed by atoms with Gasteiger partial charge >= 0.3 is 16.3 Å². The van der Waals surface area contributed by atoms with Gasteiger partial charge in [-0.2, -0.15) is 13.1 Å². The maximum Gasteiger partial charge on any atom is 0.337 e. The van der Waals surface area contributed by atoms with Gasteiger partial charge in [-0.05, 0) is 12.5 Å². The predicted octanol–water partition coefficient (Wildman–Crippen LogP) is 0.914. The Morgan fingerprint density at radius 1 is 1.42 bits per heavy atom. The summed E-state index contributed by atoms with van der Waals surface area (Å²) in [7, 11) is -3.94. The molecule has 0 radical (unpaired) electrons. The zero-order chi connectivity index (χ0) is 13.9. The van der Waals surface area contributed by atoms with Gasteiger partial charge in [0.15, 0.2) is 6.10 Å². The molecule has 0 amide bonds. The Kier molecular flexibility index (Phi) is 4.18. The van der Waals surface area contributed by atoms with Gasteiger partial charge in [0.25, 0.3) is 0 Å². The second-order valence-corrected chi connectivity index (χ2v) is 5.44. The second-order valence-electron chi connectivity index (χ2n) is 4.11. The van der Waals surface area contributed by atoms with Crippen LogP contribution in [0.2, 0.25) is 0 Å². The smallest absolute Gasteiger partial charge is 0.337 e. The fourth-order valence-corrected chi connectivity index (χ4v) is 3.02. The molecular formula is C12H15NO5S. The first-order valence-electron chi connectivity index (χ1n) is 5.94. The Labute approximate surface area is 112 Å². The number of hydrogen-bond acceptors (Lipinski definition) is 5. The summed E-state index contributed by atoms with van der Waals surface area (Å²) in [6.07, 6.45) is -0.890. The molecule has 0 aliphatic carbocycles. The van der Waals surface area contributed by atoms with E-state index in [1.165, 1.54) is 0 Å². The number of carbonyl (C=O) groups is 1. The van der Waals surface area contributed by atoms with Crippen LogP contribution in [0.1, 0.15) is 24.9 Å². The third-order valence-corrected chi connectivity index (χ3v) is 3.79. The first-order chi connectivity index (χ1) is 9.02. The van der Waals surface area contributed by atoms with Gasteiger partial charge in [0.05, 0.1) is 12.6 Å². The predicted molar refractivity (Wildman–Crippen MR) is 67.4 cm³/mol. The minimum atomic E-state index is -3.94. The van der Waals surface area contributed by atoms with Gasteiger partial charge < -0.3 is 4.74 Å². The average molecular weight is 285 g/mol. The summed E-state index contributed by atoms with van der Waals surface area (Å²) >= 11 is 0. The standard InChI is InChI=1S/C12H15NO5S/c1-2-17-12(14)11-8-10(13-19(15,16)18-11)9-6-4-3-5-7-9/h3-7,10-11,13H,2,8H2,1H3/t10-,11+/m0/s1. The van der Waals surface area contributed by atoms with E-state index in [1.807, 2.05) is 6.07 Å². The first kappa shape index (κ1) is 14.0. The van der Waals surface area contributed by atoms with Gasteiger partial charge in [0.2, 0.25) is 0 Å². The van der Waals surface area contributed by atoms with Crippen molar-refractivity contribution in [2.24, 2.45) is 0 Å². The van der Waals surface area contributed by atoms with Gasteiger partial charge in [-0.25, -0.2) is 8.98 Å². The van der Waals surface area contributed by atoms with Crippen molar-refractivity contribution in [1.82, 2.24) is 4.72 Å². The molecule has 0 saturated carbocycles. The Balaban J connectivity index is 2.20. The van der Waals surface area contributed by atoms with Gasteiger partial charge in [-0.15, -0.1) is 0 Å². The van der Waals surface area contributed by atoms with Crippen molar-refractivity contribution in [3.63, 3.8) is 0 Å². The number of benzene rings is 1. The van der Waals surface area contributed by atoms with Crippen LogP contribution in [0.5, 0.6) is 0 Å². The van der Waals surface area contributed by atoms with Gasteiger partial charge in [0.1, 0.15) is 0 Å². The molecule has 1 aromatic carbocycles. The van der Waals surface area contributed by atoms with Crippen LogP contribution in [-0.4, -0.2) is 27.1 Å². The third-order valence-electron chi connectivity index (χ3n) is 2.73. The molecule has 6 nitrogen and oxygen atoms in total. The van der Waals surface area contributed by atoms with Crippen molar-refractivity contribution >= 4 is 16.3 Å². The molecule has 7 heteroatoms. The minimum Gasteiger partial charge on any atom is -0.464 e. The summed E-state index contributed by atoms with van der Waals surface area (Å²) in [5, 5.41) is 0. The number of rotatable bonds is 3. The molecule has 0 bridgehead atoms. The van der Waals surface area contributed by atoms with E-state index in [2.05, 4.69) is 4.72 Å². The molecule has 1 saturated heterocycles. The van der Waals surface area contributed by atoms with Crippen LogP contribution in [0.3, 0.4) is 0 Å². The molecule has 1 N–H and O–H groups in total. The third kappa shape index (κ3) is 3.52. The maximum absolute atomic E-state index is 11.6. The Morgan fingerprint density at radius 3 is 2.74 bits per heavy atom. The number of ether oxygens (including phenoxy) is 1. The quantitative estimate of drug-likeness (QED) is 0.835. The molecule has 2 atom stereocenters. The van der Waals surface area contributed by atoms with Crippen LogP contribution in [0.25, 0.3) is 0 Å². The van der Waals surface area contributed by atoms with E-state index in [0.717, 1.165) is 5.56 Å². The maximum atomic E-state index is 11.6. The minimum absolute atomic E-state index is 0.183. The second kappa shape index (κ2) is 5.68. The van der Waals surface area contributed by atoms with E-state index in [0.29, 0.717) is 0 Å². The molecule has 0 spiro atoms. The highest BCUT2D eigenvalue weighted by molar-refractivity contribution is 7.84. The van der Waals surface area contributed by atoms with Crippen LogP contribution in [-0.2, 0) is 24.0 Å². The van der Waals surface area contributed by atoms with E-state index in [4.69, 9.17) is 8.92 Å². The van der Waals surface area contributed by atoms with Crippen LogP contribution in [0.4, 0.5) is 0 Å². The molecule has 104 valence electrons. The van der Waals surface area contributed by atoms with Gasteiger partial charge in [-0.3, -0.25) is 0 Å². The fraction of sp³-hybridized carbons (Fsp3) is 0.417. The number of hydrogen-bond donors (Lipinski definition) is 1. The topological polar surface area (TPSA) is 81.7 Å². The van der Waals surface area contributed by atoms with Crippen molar-refractivity contribution < 1.29 is 22.1 Å². The molecule has 0 unspecified atom stereocenters. The highest BCUT2D eigenvalue weighted by atomic mass is 32.2. The number of carbonyl (C=O) groups excluding carboxylic acids is 1. The molecule has 1 heterocycles. The molecule has 0 aromatic heterocycles. The van der Waals surface area contributed by atoms with E-state index in [1.54, 1.807) is 31.2 Å². The molecular weight excluding hydrogens is 270 g/mol. The number of esters is 1. The average Bonchev–Trinajstić information content (AvgIpc) is 2.38. The lowest BCUT2D eigenvalue weighted by molar-refractivity contribution is -0.152. The van der Waals surface area contributed by atoms with Crippen molar-refractivity contribution in [1.29, 1.82) is 0 Å². The SMILES string of the molecule is CCOC(=O)[C@H]1C[C@@H](c2ccccc2)NS(=O)(=O)O1. The lowest BCUT2D eigenvalue weighted by atomic mass is 10.0. The van der Waals surface area contributed by atoms with Crippen molar-refractivity contribution in [2.45, 2.75) is 25.5 Å². The molecule has 2 rings (SSSR count). The highest BCUT2D eigenvalue weighted by Gasteiger charge is 2.37. The highest BCUT2D eigenvalue weighted by Crippen LogP contribution is 2.26. The van der Waals surface area contributed by atoms with E-state index >= 15 is 0 Å². The molecule has 1 aliphatic heterocycles. The van der Waals surface area contributed by atoms with Crippen LogP contribution in [0.15, 0.2) is 30.3 Å². The van der Waals surface area contributed by atoms with Crippen LogP contribution in [0, 0.1) is 0 Å². The fourth-order valence-electron chi connectivity index (χ4n) is 1.92. The zero-order valence-electron chi connectivity index (χ0n) is 10.4. The molecule has 1 aliphatic rings. The summed E-state index contributed by atoms with van der Waals surface area (Å²) < 4.78 is 35.1. The van der Waals surface area contributed by atoms with E-state index in [-0.39, 0.29) is 13.0 Å². The normalized spacial score (nSPS) is 25.7. The Morgan fingerprint density at radius 2 is 2.11 bits per heavy atom. The van der Waals surface area contributed by atoms with Crippen LogP contribution < -0.4 is 4.72 Å². The summed E-state index contributed by atoms with van der Waals surface area (Å²) in [6.45, 7) is 1.84. The molecule has 1 fully saturated rings. The van der Waals surface area contributed by atoms with Crippen LogP contribution >= 0.6 is 0 Å². The van der Waals surface area contributed by atoms with Crippen molar-refractivity contribution in [3.05, 3.63) is 35.9 Å². The Hall–Kier alpha value is -1.44. The first-order valence-corrected chi connectivity index (χ1v) is 7.35. The summed E-state index contributed by atoms with van der Waals surface area (Å²) in [6, 6.07) is 8.53. The van der Waals surface area contributed by atoms with E-state index in [9.17, 15) is 13.2 Å². The van der Waals surface area contributed by atoms with Crippen molar-refractivity contribution in [2.75, 3.05) is 6.61 Å². The van der Waals surface area contributed by atoms with Crippen molar-refractivity contribution in [3.8, 4) is 0 Å². The molecule has 1 aromatic rings. The molecule has 19 heavy (non-hydrogen) atoms. The lowest BCUT2D eigenvalue weighted by Gasteiger charge is -2.28.